The molecule has 0 unspecified atom stereocenters. The van der Waals surface area contributed by atoms with E-state index >= 15 is 0 Å². The van der Waals surface area contributed by atoms with Crippen LogP contribution in [0.5, 0.6) is 0 Å². The van der Waals surface area contributed by atoms with Crippen LogP contribution >= 0.6 is 0 Å². The van der Waals surface area contributed by atoms with E-state index < -0.39 is 22.5 Å². The fraction of sp³-hybridized carbons (Fsp3) is 0.167. The molecule has 0 N–H and O–H groups in total. The number of rotatable bonds is 11. The minimum absolute atomic E-state index is 0.0138. The van der Waals surface area contributed by atoms with E-state index in [0.717, 1.165) is 15.4 Å². The van der Waals surface area contributed by atoms with E-state index in [1.54, 1.807) is 55.5 Å². The molecule has 0 amide bonds. The normalized spacial score (nSPS) is 11.3. The maximum atomic E-state index is 13.7. The highest BCUT2D eigenvalue weighted by Crippen LogP contribution is 2.21. The molecule has 8 heteroatoms. The zero-order chi connectivity index (χ0) is 27.0. The Hall–Kier alpha value is -4.14. The molecule has 0 aliphatic heterocycles. The maximum Gasteiger partial charge on any atom is 0.357 e. The van der Waals surface area contributed by atoms with Crippen molar-refractivity contribution in [2.75, 3.05) is 13.2 Å². The summed E-state index contributed by atoms with van der Waals surface area (Å²) in [5, 5.41) is 0. The molecule has 38 heavy (non-hydrogen) atoms. The summed E-state index contributed by atoms with van der Waals surface area (Å²) in [6, 6.07) is 28.2. The van der Waals surface area contributed by atoms with Crippen molar-refractivity contribution in [3.05, 3.63) is 131 Å². The number of carbonyl (C=O) groups excluding carboxylic acids is 2. The first-order valence-corrected chi connectivity index (χ1v) is 13.6. The molecule has 194 valence electrons. The Morgan fingerprint density at radius 2 is 1.53 bits per heavy atom. The van der Waals surface area contributed by atoms with Gasteiger partial charge in [0, 0.05) is 23.9 Å². The van der Waals surface area contributed by atoms with Crippen LogP contribution in [0.25, 0.3) is 0 Å². The van der Waals surface area contributed by atoms with Gasteiger partial charge in [0.15, 0.2) is 11.5 Å². The number of benzene rings is 3. The second kappa shape index (κ2) is 12.4. The molecule has 4 rings (SSSR count). The number of sulfonamides is 1. The van der Waals surface area contributed by atoms with Gasteiger partial charge in [0.25, 0.3) is 0 Å². The lowest BCUT2D eigenvalue weighted by atomic mass is 10.0. The third-order valence-electron chi connectivity index (χ3n) is 5.91. The minimum atomic E-state index is -4.08. The van der Waals surface area contributed by atoms with Crippen LogP contribution in [0.15, 0.2) is 108 Å². The van der Waals surface area contributed by atoms with Crippen molar-refractivity contribution in [1.29, 1.82) is 0 Å². The number of hydrogen-bond acceptors (Lipinski definition) is 6. The SMILES string of the molecule is CCOC(=O)c1ncccc1CN(CC(=O)c1cccc(Cc2ccccc2)c1)S(=O)(=O)c1ccccc1. The van der Waals surface area contributed by atoms with Crippen LogP contribution < -0.4 is 0 Å². The van der Waals surface area contributed by atoms with Crippen molar-refractivity contribution in [1.82, 2.24) is 9.29 Å². The molecule has 0 atom stereocenters. The smallest absolute Gasteiger partial charge is 0.357 e. The molecule has 1 aromatic heterocycles. The lowest BCUT2D eigenvalue weighted by Gasteiger charge is -2.22. The number of carbonyl (C=O) groups is 2. The van der Waals surface area contributed by atoms with Crippen LogP contribution in [-0.4, -0.2) is 42.6 Å². The van der Waals surface area contributed by atoms with E-state index in [9.17, 15) is 18.0 Å². The summed E-state index contributed by atoms with van der Waals surface area (Å²) in [4.78, 5) is 30.1. The molecular weight excluding hydrogens is 500 g/mol. The van der Waals surface area contributed by atoms with Gasteiger partial charge in [-0.3, -0.25) is 4.79 Å². The average molecular weight is 529 g/mol. The molecule has 3 aromatic carbocycles. The Morgan fingerprint density at radius 1 is 0.842 bits per heavy atom. The minimum Gasteiger partial charge on any atom is -0.461 e. The number of hydrogen-bond donors (Lipinski definition) is 0. The molecule has 0 saturated carbocycles. The Balaban J connectivity index is 1.65. The van der Waals surface area contributed by atoms with E-state index in [2.05, 4.69) is 4.98 Å². The largest absolute Gasteiger partial charge is 0.461 e. The number of nitrogens with zero attached hydrogens (tertiary/aromatic N) is 2. The third kappa shape index (κ3) is 6.59. The van der Waals surface area contributed by atoms with E-state index in [-0.39, 0.29) is 29.5 Å². The number of esters is 1. The molecule has 0 saturated heterocycles. The highest BCUT2D eigenvalue weighted by Gasteiger charge is 2.29. The Morgan fingerprint density at radius 3 is 2.24 bits per heavy atom. The van der Waals surface area contributed by atoms with Crippen LogP contribution in [-0.2, 0) is 27.7 Å². The summed E-state index contributed by atoms with van der Waals surface area (Å²) >= 11 is 0. The van der Waals surface area contributed by atoms with Crippen molar-refractivity contribution in [3.8, 4) is 0 Å². The van der Waals surface area contributed by atoms with Crippen LogP contribution in [0.3, 0.4) is 0 Å². The number of ketones is 1. The molecule has 0 aliphatic carbocycles. The Bertz CT molecular complexity index is 1510. The van der Waals surface area contributed by atoms with Crippen molar-refractivity contribution >= 4 is 21.8 Å². The van der Waals surface area contributed by atoms with Gasteiger partial charge in [0.05, 0.1) is 18.0 Å². The first kappa shape index (κ1) is 26.9. The van der Waals surface area contributed by atoms with Gasteiger partial charge in [-0.15, -0.1) is 0 Å². The van der Waals surface area contributed by atoms with Gasteiger partial charge in [0.2, 0.25) is 10.0 Å². The lowest BCUT2D eigenvalue weighted by Crippen LogP contribution is -2.36. The van der Waals surface area contributed by atoms with Crippen molar-refractivity contribution in [2.24, 2.45) is 0 Å². The zero-order valence-corrected chi connectivity index (χ0v) is 21.8. The molecular formula is C30H28N2O5S. The fourth-order valence-electron chi connectivity index (χ4n) is 4.04. The van der Waals surface area contributed by atoms with Crippen LogP contribution in [0.2, 0.25) is 0 Å². The van der Waals surface area contributed by atoms with Gasteiger partial charge in [-0.25, -0.2) is 18.2 Å². The van der Waals surface area contributed by atoms with E-state index in [1.165, 1.54) is 18.3 Å². The third-order valence-corrected chi connectivity index (χ3v) is 7.71. The summed E-state index contributed by atoms with van der Waals surface area (Å²) in [6.07, 6.45) is 2.09. The molecule has 0 bridgehead atoms. The monoisotopic (exact) mass is 528 g/mol. The van der Waals surface area contributed by atoms with E-state index in [1.807, 2.05) is 36.4 Å². The second-order valence-electron chi connectivity index (χ2n) is 8.60. The number of ether oxygens (including phenoxy) is 1. The number of aromatic nitrogens is 1. The van der Waals surface area contributed by atoms with E-state index in [0.29, 0.717) is 17.5 Å². The average Bonchev–Trinajstić information content (AvgIpc) is 2.94. The van der Waals surface area contributed by atoms with Crippen molar-refractivity contribution in [2.45, 2.75) is 24.8 Å². The standard InChI is InChI=1S/C30H28N2O5S/c1-2-37-30(34)29-26(15-10-18-31-29)21-32(38(35,36)27-16-7-4-8-17-27)22-28(33)25-14-9-13-24(20-25)19-23-11-5-3-6-12-23/h3-18,20H,2,19,21-22H2,1H3. The van der Waals surface area contributed by atoms with Crippen molar-refractivity contribution < 1.29 is 22.7 Å². The topological polar surface area (TPSA) is 93.6 Å². The summed E-state index contributed by atoms with van der Waals surface area (Å²) in [5.74, 6) is -1.01. The summed E-state index contributed by atoms with van der Waals surface area (Å²) in [5.41, 5.74) is 2.81. The summed E-state index contributed by atoms with van der Waals surface area (Å²) in [7, 11) is -4.08. The van der Waals surface area contributed by atoms with Gasteiger partial charge in [-0.1, -0.05) is 72.8 Å². The molecule has 4 aromatic rings. The van der Waals surface area contributed by atoms with Crippen LogP contribution in [0.1, 0.15) is 44.5 Å². The van der Waals surface area contributed by atoms with Gasteiger partial charge in [0.1, 0.15) is 0 Å². The van der Waals surface area contributed by atoms with Crippen LogP contribution in [0, 0.1) is 0 Å². The van der Waals surface area contributed by atoms with Gasteiger partial charge >= 0.3 is 5.97 Å². The maximum absolute atomic E-state index is 13.7. The fourth-order valence-corrected chi connectivity index (χ4v) is 5.44. The van der Waals surface area contributed by atoms with Crippen molar-refractivity contribution in [3.63, 3.8) is 0 Å². The lowest BCUT2D eigenvalue weighted by molar-refractivity contribution is 0.0517. The zero-order valence-electron chi connectivity index (χ0n) is 21.0. The highest BCUT2D eigenvalue weighted by atomic mass is 32.2. The second-order valence-corrected chi connectivity index (χ2v) is 10.5. The Labute approximate surface area is 222 Å². The predicted molar refractivity (Wildman–Crippen MR) is 144 cm³/mol. The van der Waals surface area contributed by atoms with Gasteiger partial charge < -0.3 is 4.74 Å². The highest BCUT2D eigenvalue weighted by molar-refractivity contribution is 7.89. The van der Waals surface area contributed by atoms with Gasteiger partial charge in [-0.2, -0.15) is 4.31 Å². The van der Waals surface area contributed by atoms with E-state index in [4.69, 9.17) is 4.74 Å². The molecule has 0 fully saturated rings. The molecule has 0 aliphatic rings. The first-order valence-electron chi connectivity index (χ1n) is 12.2. The molecule has 0 radical (unpaired) electrons. The molecule has 7 nitrogen and oxygen atoms in total. The van der Waals surface area contributed by atoms with Gasteiger partial charge in [-0.05, 0) is 48.7 Å². The molecule has 0 spiro atoms. The molecule has 1 heterocycles. The van der Waals surface area contributed by atoms with Crippen LogP contribution in [0.4, 0.5) is 0 Å². The first-order chi connectivity index (χ1) is 18.4. The predicted octanol–water partition coefficient (Wildman–Crippen LogP) is 4.92. The number of pyridine rings is 1. The Kier molecular flexibility index (Phi) is 8.78. The summed E-state index contributed by atoms with van der Waals surface area (Å²) < 4.78 is 33.5. The summed E-state index contributed by atoms with van der Waals surface area (Å²) in [6.45, 7) is 1.19. The quantitative estimate of drug-likeness (QED) is 0.203. The number of Topliss-reactive ketones (excluding diaryl/α,β-unsaturated/α-hetero) is 1.